The van der Waals surface area contributed by atoms with Gasteiger partial charge in [-0.3, -0.25) is 0 Å². The summed E-state index contributed by atoms with van der Waals surface area (Å²) in [6, 6.07) is 4.03. The van der Waals surface area contributed by atoms with Crippen LogP contribution in [0.3, 0.4) is 0 Å². The van der Waals surface area contributed by atoms with E-state index in [-0.39, 0.29) is 12.1 Å². The molecule has 8 nitrogen and oxygen atoms in total. The zero-order valence-corrected chi connectivity index (χ0v) is 18.8. The van der Waals surface area contributed by atoms with Gasteiger partial charge in [0.2, 0.25) is 0 Å². The first kappa shape index (κ1) is 22.0. The molecular weight excluding hydrogens is 380 g/mol. The number of carbonyl (C=O) groups is 1. The van der Waals surface area contributed by atoms with Crippen molar-refractivity contribution in [2.75, 3.05) is 20.1 Å². The minimum atomic E-state index is -0.532. The van der Waals surface area contributed by atoms with Crippen LogP contribution in [-0.4, -0.2) is 57.3 Å². The second kappa shape index (κ2) is 8.60. The van der Waals surface area contributed by atoms with E-state index in [0.717, 1.165) is 42.8 Å². The zero-order valence-electron chi connectivity index (χ0n) is 18.8. The molecule has 3 heterocycles. The molecule has 0 aromatic carbocycles. The van der Waals surface area contributed by atoms with Gasteiger partial charge in [-0.15, -0.1) is 0 Å². The summed E-state index contributed by atoms with van der Waals surface area (Å²) in [7, 11) is 2.05. The van der Waals surface area contributed by atoms with Crippen LogP contribution in [0.5, 0.6) is 0 Å². The third kappa shape index (κ3) is 5.28. The van der Waals surface area contributed by atoms with Gasteiger partial charge in [-0.25, -0.2) is 14.8 Å². The molecule has 0 spiro atoms. The molecule has 30 heavy (non-hydrogen) atoms. The molecule has 2 aromatic heterocycles. The maximum Gasteiger partial charge on any atom is 0.407 e. The molecule has 1 N–H and O–H groups in total. The van der Waals surface area contributed by atoms with Crippen LogP contribution in [0.25, 0.3) is 11.0 Å². The number of fused-ring (bicyclic) bond motifs is 1. The van der Waals surface area contributed by atoms with Crippen LogP contribution in [-0.2, 0) is 11.2 Å². The maximum absolute atomic E-state index is 12.3. The summed E-state index contributed by atoms with van der Waals surface area (Å²) in [4.78, 5) is 23.5. The number of aromatic nitrogens is 3. The van der Waals surface area contributed by atoms with Crippen molar-refractivity contribution in [1.29, 1.82) is 5.26 Å². The van der Waals surface area contributed by atoms with Gasteiger partial charge in [-0.2, -0.15) is 5.26 Å². The summed E-state index contributed by atoms with van der Waals surface area (Å²) in [6.45, 7) is 11.5. The van der Waals surface area contributed by atoms with E-state index in [4.69, 9.17) is 9.72 Å². The highest BCUT2D eigenvalue weighted by atomic mass is 16.6. The highest BCUT2D eigenvalue weighted by molar-refractivity contribution is 5.76. The molecule has 1 fully saturated rings. The van der Waals surface area contributed by atoms with Crippen molar-refractivity contribution in [2.24, 2.45) is 5.92 Å². The first-order valence-electron chi connectivity index (χ1n) is 10.5. The van der Waals surface area contributed by atoms with Gasteiger partial charge in [0.25, 0.3) is 0 Å². The Bertz CT molecular complexity index is 953. The molecule has 2 unspecified atom stereocenters. The van der Waals surface area contributed by atoms with Crippen LogP contribution in [0, 0.1) is 17.2 Å². The second-order valence-corrected chi connectivity index (χ2v) is 9.62. The number of amides is 1. The van der Waals surface area contributed by atoms with Gasteiger partial charge in [0.15, 0.2) is 0 Å². The lowest BCUT2D eigenvalue weighted by Gasteiger charge is -2.37. The summed E-state index contributed by atoms with van der Waals surface area (Å²) < 4.78 is 7.69. The number of nitriles is 1. The van der Waals surface area contributed by atoms with E-state index in [9.17, 15) is 10.1 Å². The van der Waals surface area contributed by atoms with Crippen molar-refractivity contribution in [3.8, 4) is 6.07 Å². The van der Waals surface area contributed by atoms with E-state index in [1.165, 1.54) is 0 Å². The van der Waals surface area contributed by atoms with Gasteiger partial charge >= 0.3 is 6.09 Å². The Morgan fingerprint density at radius 2 is 2.13 bits per heavy atom. The van der Waals surface area contributed by atoms with Crippen molar-refractivity contribution in [3.63, 3.8) is 0 Å². The van der Waals surface area contributed by atoms with Crippen molar-refractivity contribution in [3.05, 3.63) is 23.8 Å². The average molecular weight is 413 g/mol. The topological polar surface area (TPSA) is 96.1 Å². The lowest BCUT2D eigenvalue weighted by molar-refractivity contribution is 0.0463. The Morgan fingerprint density at radius 1 is 1.40 bits per heavy atom. The summed E-state index contributed by atoms with van der Waals surface area (Å²) in [5.74, 6) is 1.44. The zero-order chi connectivity index (χ0) is 22.1. The SMILES string of the molecule is CC(C)Cc1nc2cnc(C#N)cc2n1C1CC(NC(=O)OC(C)(C)C)CN(C)C1. The predicted molar refractivity (Wildman–Crippen MR) is 115 cm³/mol. The van der Waals surface area contributed by atoms with Gasteiger partial charge in [0.1, 0.15) is 28.7 Å². The highest BCUT2D eigenvalue weighted by Crippen LogP contribution is 2.29. The maximum atomic E-state index is 12.3. The number of hydrogen-bond acceptors (Lipinski definition) is 6. The van der Waals surface area contributed by atoms with Crippen LogP contribution in [0.1, 0.15) is 58.6 Å². The molecule has 3 rings (SSSR count). The van der Waals surface area contributed by atoms with Crippen LogP contribution >= 0.6 is 0 Å². The number of pyridine rings is 1. The van der Waals surface area contributed by atoms with E-state index in [2.05, 4.69) is 46.7 Å². The fraction of sp³-hybridized carbons (Fsp3) is 0.636. The fourth-order valence-corrected chi connectivity index (χ4v) is 4.08. The monoisotopic (exact) mass is 412 g/mol. The predicted octanol–water partition coefficient (Wildman–Crippen LogP) is 3.27. The van der Waals surface area contributed by atoms with Crippen LogP contribution in [0.15, 0.2) is 12.3 Å². The number of imidazole rings is 1. The van der Waals surface area contributed by atoms with Gasteiger partial charge in [0.05, 0.1) is 17.8 Å². The Balaban J connectivity index is 1.92. The highest BCUT2D eigenvalue weighted by Gasteiger charge is 2.31. The lowest BCUT2D eigenvalue weighted by Crippen LogP contribution is -2.51. The van der Waals surface area contributed by atoms with E-state index < -0.39 is 11.7 Å². The molecule has 0 saturated carbocycles. The minimum absolute atomic E-state index is 0.0368. The number of nitrogens with zero attached hydrogens (tertiary/aromatic N) is 5. The first-order valence-corrected chi connectivity index (χ1v) is 10.5. The third-order valence-electron chi connectivity index (χ3n) is 5.05. The minimum Gasteiger partial charge on any atom is -0.444 e. The van der Waals surface area contributed by atoms with Crippen LogP contribution in [0.2, 0.25) is 0 Å². The van der Waals surface area contributed by atoms with Crippen molar-refractivity contribution in [1.82, 2.24) is 24.8 Å². The van der Waals surface area contributed by atoms with Gasteiger partial charge in [0, 0.05) is 31.6 Å². The lowest BCUT2D eigenvalue weighted by atomic mass is 10.00. The molecule has 1 saturated heterocycles. The van der Waals surface area contributed by atoms with Crippen LogP contribution < -0.4 is 5.32 Å². The van der Waals surface area contributed by atoms with Crippen LogP contribution in [0.4, 0.5) is 4.79 Å². The van der Waals surface area contributed by atoms with E-state index in [1.54, 1.807) is 6.20 Å². The number of nitrogens with one attached hydrogen (secondary N) is 1. The largest absolute Gasteiger partial charge is 0.444 e. The molecule has 1 amide bonds. The molecule has 0 aliphatic carbocycles. The standard InChI is InChI=1S/C22H32N6O2/c1-14(2)7-20-26-18-11-24-15(10-23)9-19(18)28(20)17-8-16(12-27(6)13-17)25-21(29)30-22(3,4)5/h9,11,14,16-17H,7-8,12-13H2,1-6H3,(H,25,29). The van der Waals surface area contributed by atoms with E-state index in [0.29, 0.717) is 11.6 Å². The number of carbonyl (C=O) groups excluding carboxylic acids is 1. The normalized spacial score (nSPS) is 20.3. The Morgan fingerprint density at radius 3 is 2.77 bits per heavy atom. The molecule has 1 aliphatic heterocycles. The number of piperidine rings is 1. The number of alkyl carbamates (subject to hydrolysis) is 1. The number of rotatable bonds is 4. The Hall–Kier alpha value is -2.66. The van der Waals surface area contributed by atoms with Gasteiger partial charge < -0.3 is 19.5 Å². The number of hydrogen-bond donors (Lipinski definition) is 1. The average Bonchev–Trinajstić information content (AvgIpc) is 2.95. The Kier molecular flexibility index (Phi) is 6.32. The molecule has 2 atom stereocenters. The summed E-state index contributed by atoms with van der Waals surface area (Å²) >= 11 is 0. The second-order valence-electron chi connectivity index (χ2n) is 9.62. The van der Waals surface area contributed by atoms with E-state index >= 15 is 0 Å². The van der Waals surface area contributed by atoms with Gasteiger partial charge in [-0.1, -0.05) is 13.8 Å². The van der Waals surface area contributed by atoms with Crippen molar-refractivity contribution < 1.29 is 9.53 Å². The smallest absolute Gasteiger partial charge is 0.407 e. The summed E-state index contributed by atoms with van der Waals surface area (Å²) in [6.07, 6.45) is 2.89. The summed E-state index contributed by atoms with van der Waals surface area (Å²) in [5.41, 5.74) is 1.57. The fourth-order valence-electron chi connectivity index (χ4n) is 4.08. The van der Waals surface area contributed by atoms with E-state index in [1.807, 2.05) is 26.8 Å². The molecule has 2 aromatic rings. The molecule has 162 valence electrons. The first-order chi connectivity index (χ1) is 14.1. The molecule has 8 heteroatoms. The number of likely N-dealkylation sites (tertiary alicyclic amines) is 1. The Labute approximate surface area is 178 Å². The quantitative estimate of drug-likeness (QED) is 0.828. The number of likely N-dealkylation sites (N-methyl/N-ethyl adjacent to an activating group) is 1. The molecule has 1 aliphatic rings. The molecule has 0 radical (unpaired) electrons. The number of ether oxygens (including phenoxy) is 1. The van der Waals surface area contributed by atoms with Crippen molar-refractivity contribution in [2.45, 2.75) is 65.1 Å². The van der Waals surface area contributed by atoms with Gasteiger partial charge in [-0.05, 0) is 40.2 Å². The van der Waals surface area contributed by atoms with Crippen molar-refractivity contribution >= 4 is 17.1 Å². The molecule has 0 bridgehead atoms. The summed E-state index contributed by atoms with van der Waals surface area (Å²) in [5, 5.41) is 12.3. The molecular formula is C22H32N6O2. The third-order valence-corrected chi connectivity index (χ3v) is 5.05.